The molecule has 1 amide bonds. The van der Waals surface area contributed by atoms with Crippen LogP contribution in [0.15, 0.2) is 30.7 Å². The van der Waals surface area contributed by atoms with Crippen LogP contribution in [0.25, 0.3) is 11.4 Å². The van der Waals surface area contributed by atoms with Crippen molar-refractivity contribution in [2.24, 2.45) is 0 Å². The summed E-state index contributed by atoms with van der Waals surface area (Å²) in [5.41, 5.74) is 1.78. The number of amides is 1. The van der Waals surface area contributed by atoms with Crippen molar-refractivity contribution >= 4 is 17.5 Å². The van der Waals surface area contributed by atoms with E-state index in [-0.39, 0.29) is 23.6 Å². The molecule has 1 N–H and O–H groups in total. The van der Waals surface area contributed by atoms with Crippen molar-refractivity contribution in [1.29, 1.82) is 0 Å². The second kappa shape index (κ2) is 11.4. The van der Waals surface area contributed by atoms with Gasteiger partial charge in [0.05, 0.1) is 30.0 Å². The second-order valence-electron chi connectivity index (χ2n) is 8.64. The fourth-order valence-electron chi connectivity index (χ4n) is 4.38. The van der Waals surface area contributed by atoms with Gasteiger partial charge < -0.3 is 19.5 Å². The van der Waals surface area contributed by atoms with Gasteiger partial charge in [-0.2, -0.15) is 0 Å². The predicted octanol–water partition coefficient (Wildman–Crippen LogP) is 4.54. The van der Waals surface area contributed by atoms with Crippen LogP contribution in [0.1, 0.15) is 61.9 Å². The van der Waals surface area contributed by atoms with Gasteiger partial charge in [-0.05, 0) is 44.7 Å². The highest BCUT2D eigenvalue weighted by molar-refractivity contribution is 5.92. The molecule has 0 radical (unpaired) electrons. The van der Waals surface area contributed by atoms with Crippen LogP contribution in [0, 0.1) is 12.7 Å². The first-order chi connectivity index (χ1) is 17.0. The van der Waals surface area contributed by atoms with Gasteiger partial charge in [0.15, 0.2) is 5.82 Å². The molecule has 186 valence electrons. The maximum absolute atomic E-state index is 14.8. The summed E-state index contributed by atoms with van der Waals surface area (Å²) in [6.45, 7) is 8.74. The van der Waals surface area contributed by atoms with Crippen LogP contribution >= 0.6 is 0 Å². The largest absolute Gasteiger partial charge is 0.381 e. The minimum atomic E-state index is -0.519. The predicted molar refractivity (Wildman–Crippen MR) is 131 cm³/mol. The van der Waals surface area contributed by atoms with Crippen molar-refractivity contribution in [3.63, 3.8) is 0 Å². The summed E-state index contributed by atoms with van der Waals surface area (Å²) in [4.78, 5) is 31.9. The highest BCUT2D eigenvalue weighted by Gasteiger charge is 2.24. The SMILES string of the molecule is CCCN(CCC)C(=O)c1ccc(Nc2ncc(F)c(-c3cnc(C)n3C3CCOCC3)n2)cn1. The lowest BCUT2D eigenvalue weighted by molar-refractivity contribution is 0.0694. The second-order valence-corrected chi connectivity index (χ2v) is 8.64. The molecule has 0 bridgehead atoms. The van der Waals surface area contributed by atoms with E-state index in [1.807, 2.05) is 30.2 Å². The average molecular weight is 482 g/mol. The lowest BCUT2D eigenvalue weighted by Gasteiger charge is -2.26. The first-order valence-electron chi connectivity index (χ1n) is 12.2. The highest BCUT2D eigenvalue weighted by atomic mass is 19.1. The molecule has 10 heteroatoms. The van der Waals surface area contributed by atoms with E-state index >= 15 is 0 Å². The van der Waals surface area contributed by atoms with Gasteiger partial charge in [-0.25, -0.2) is 24.3 Å². The van der Waals surface area contributed by atoms with E-state index in [1.54, 1.807) is 24.5 Å². The van der Waals surface area contributed by atoms with Gasteiger partial charge in [-0.15, -0.1) is 0 Å². The molecule has 0 atom stereocenters. The summed E-state index contributed by atoms with van der Waals surface area (Å²) >= 11 is 0. The van der Waals surface area contributed by atoms with E-state index in [0.29, 0.717) is 43.4 Å². The zero-order valence-corrected chi connectivity index (χ0v) is 20.5. The van der Waals surface area contributed by atoms with E-state index in [4.69, 9.17) is 4.74 Å². The maximum Gasteiger partial charge on any atom is 0.272 e. The van der Waals surface area contributed by atoms with Crippen molar-refractivity contribution < 1.29 is 13.9 Å². The van der Waals surface area contributed by atoms with Crippen LogP contribution in [0.4, 0.5) is 16.0 Å². The molecule has 4 rings (SSSR count). The molecule has 0 saturated carbocycles. The summed E-state index contributed by atoms with van der Waals surface area (Å²) in [6.07, 6.45) is 7.83. The van der Waals surface area contributed by atoms with Crippen LogP contribution in [0.5, 0.6) is 0 Å². The topological polar surface area (TPSA) is 98.1 Å². The number of nitrogens with zero attached hydrogens (tertiary/aromatic N) is 6. The van der Waals surface area contributed by atoms with Gasteiger partial charge in [0.25, 0.3) is 5.91 Å². The minimum Gasteiger partial charge on any atom is -0.381 e. The Morgan fingerprint density at radius 2 is 1.86 bits per heavy atom. The molecule has 9 nitrogen and oxygen atoms in total. The van der Waals surface area contributed by atoms with Crippen LogP contribution in [-0.2, 0) is 4.74 Å². The van der Waals surface area contributed by atoms with Crippen molar-refractivity contribution in [1.82, 2.24) is 29.4 Å². The first kappa shape index (κ1) is 24.7. The Labute approximate surface area is 204 Å². The number of carbonyl (C=O) groups excluding carboxylic acids is 1. The van der Waals surface area contributed by atoms with E-state index < -0.39 is 5.82 Å². The fourth-order valence-corrected chi connectivity index (χ4v) is 4.38. The number of carbonyl (C=O) groups is 1. The quantitative estimate of drug-likeness (QED) is 0.479. The van der Waals surface area contributed by atoms with Crippen molar-refractivity contribution in [3.8, 4) is 11.4 Å². The number of hydrogen-bond donors (Lipinski definition) is 1. The molecular formula is C25H32FN7O2. The summed E-state index contributed by atoms with van der Waals surface area (Å²) in [5.74, 6) is 0.439. The summed E-state index contributed by atoms with van der Waals surface area (Å²) in [7, 11) is 0. The van der Waals surface area contributed by atoms with Crippen LogP contribution in [0.2, 0.25) is 0 Å². The normalized spacial score (nSPS) is 14.2. The van der Waals surface area contributed by atoms with Crippen LogP contribution < -0.4 is 5.32 Å². The van der Waals surface area contributed by atoms with Crippen LogP contribution in [-0.4, -0.2) is 61.6 Å². The van der Waals surface area contributed by atoms with Gasteiger partial charge in [0.2, 0.25) is 5.95 Å². The Kier molecular flexibility index (Phi) is 8.02. The minimum absolute atomic E-state index is 0.0858. The standard InChI is InChI=1S/C25H32FN7O2/c1-4-10-32(11-5-2)24(34)21-7-6-18(14-28-21)30-25-29-15-20(26)23(31-25)22-16-27-17(3)33(22)19-8-12-35-13-9-19/h6-7,14-16,19H,4-5,8-13H2,1-3H3,(H,29,30,31). The Hall–Kier alpha value is -3.40. The molecule has 0 spiro atoms. The summed E-state index contributed by atoms with van der Waals surface area (Å²) in [6, 6.07) is 3.61. The average Bonchev–Trinajstić information content (AvgIpc) is 3.26. The van der Waals surface area contributed by atoms with E-state index in [2.05, 4.69) is 25.3 Å². The molecule has 3 aromatic heterocycles. The number of hydrogen-bond acceptors (Lipinski definition) is 7. The van der Waals surface area contributed by atoms with E-state index in [0.717, 1.165) is 37.7 Å². The number of rotatable bonds is 9. The van der Waals surface area contributed by atoms with Gasteiger partial charge in [-0.1, -0.05) is 13.8 Å². The molecule has 4 heterocycles. The Balaban J connectivity index is 1.54. The Morgan fingerprint density at radius 3 is 2.51 bits per heavy atom. The van der Waals surface area contributed by atoms with Gasteiger partial charge in [-0.3, -0.25) is 4.79 Å². The first-order valence-corrected chi connectivity index (χ1v) is 12.2. The molecule has 0 aliphatic carbocycles. The number of aryl methyl sites for hydroxylation is 1. The molecule has 1 saturated heterocycles. The van der Waals surface area contributed by atoms with Crippen molar-refractivity contribution in [2.45, 2.75) is 52.5 Å². The van der Waals surface area contributed by atoms with E-state index in [9.17, 15) is 9.18 Å². The monoisotopic (exact) mass is 481 g/mol. The fraction of sp³-hybridized carbons (Fsp3) is 0.480. The zero-order valence-electron chi connectivity index (χ0n) is 20.5. The number of halogens is 1. The highest BCUT2D eigenvalue weighted by Crippen LogP contribution is 2.31. The molecule has 0 unspecified atom stereocenters. The molecular weight excluding hydrogens is 449 g/mol. The van der Waals surface area contributed by atoms with E-state index in [1.165, 1.54) is 0 Å². The third-order valence-electron chi connectivity index (χ3n) is 6.04. The lowest BCUT2D eigenvalue weighted by atomic mass is 10.1. The van der Waals surface area contributed by atoms with Gasteiger partial charge >= 0.3 is 0 Å². The molecule has 0 aromatic carbocycles. The Morgan fingerprint density at radius 1 is 1.11 bits per heavy atom. The van der Waals surface area contributed by atoms with Crippen molar-refractivity contribution in [3.05, 3.63) is 48.1 Å². The Bertz CT molecular complexity index is 1140. The lowest BCUT2D eigenvalue weighted by Crippen LogP contribution is -2.33. The molecule has 3 aromatic rings. The third-order valence-corrected chi connectivity index (χ3v) is 6.04. The molecule has 1 aliphatic heterocycles. The maximum atomic E-state index is 14.8. The molecule has 1 fully saturated rings. The number of nitrogens with one attached hydrogen (secondary N) is 1. The number of anilines is 2. The van der Waals surface area contributed by atoms with Crippen molar-refractivity contribution in [2.75, 3.05) is 31.6 Å². The summed E-state index contributed by atoms with van der Waals surface area (Å²) in [5, 5.41) is 3.07. The third kappa shape index (κ3) is 5.64. The smallest absolute Gasteiger partial charge is 0.272 e. The zero-order chi connectivity index (χ0) is 24.8. The molecule has 1 aliphatic rings. The number of pyridine rings is 1. The van der Waals surface area contributed by atoms with Crippen LogP contribution in [0.3, 0.4) is 0 Å². The molecule has 35 heavy (non-hydrogen) atoms. The number of imidazole rings is 1. The number of ether oxygens (including phenoxy) is 1. The summed E-state index contributed by atoms with van der Waals surface area (Å²) < 4.78 is 22.3. The number of aromatic nitrogens is 5. The van der Waals surface area contributed by atoms with Gasteiger partial charge in [0.1, 0.15) is 17.2 Å². The van der Waals surface area contributed by atoms with Gasteiger partial charge in [0, 0.05) is 32.3 Å².